The number of carbonyl (C=O) groups excluding carboxylic acids is 1. The Morgan fingerprint density at radius 2 is 1.58 bits per heavy atom. The average Bonchev–Trinajstić information content (AvgIpc) is 2.82. The molecule has 0 N–H and O–H groups in total. The van der Waals surface area contributed by atoms with Crippen molar-refractivity contribution in [3.63, 3.8) is 0 Å². The van der Waals surface area contributed by atoms with Crippen molar-refractivity contribution in [1.82, 2.24) is 9.80 Å². The smallest absolute Gasteiger partial charge is 0.163 e. The zero-order valence-corrected chi connectivity index (χ0v) is 19.3. The summed E-state index contributed by atoms with van der Waals surface area (Å²) in [5.41, 5.74) is 4.09. The van der Waals surface area contributed by atoms with Gasteiger partial charge in [-0.15, -0.1) is 0 Å². The van der Waals surface area contributed by atoms with Gasteiger partial charge in [0.2, 0.25) is 0 Å². The largest absolute Gasteiger partial charge is 0.300 e. The lowest BCUT2D eigenvalue weighted by Crippen LogP contribution is -2.49. The predicted molar refractivity (Wildman–Crippen MR) is 130 cm³/mol. The molecule has 0 aromatic heterocycles. The molecule has 0 spiro atoms. The molecule has 1 saturated heterocycles. The Morgan fingerprint density at radius 1 is 0.879 bits per heavy atom. The van der Waals surface area contributed by atoms with Crippen LogP contribution in [0.25, 0.3) is 0 Å². The normalized spacial score (nSPS) is 20.4. The summed E-state index contributed by atoms with van der Waals surface area (Å²) in [6, 6.07) is 23.5. The first-order valence-corrected chi connectivity index (χ1v) is 12.0. The Morgan fingerprint density at radius 3 is 2.30 bits per heavy atom. The first-order chi connectivity index (χ1) is 16.1. The van der Waals surface area contributed by atoms with Crippen LogP contribution in [-0.2, 0) is 6.42 Å². The minimum Gasteiger partial charge on any atom is -0.300 e. The highest BCUT2D eigenvalue weighted by Gasteiger charge is 2.30. The van der Waals surface area contributed by atoms with Crippen LogP contribution in [0.5, 0.6) is 0 Å². The Kier molecular flexibility index (Phi) is 6.59. The van der Waals surface area contributed by atoms with Crippen LogP contribution < -0.4 is 0 Å². The third kappa shape index (κ3) is 5.03. The molecular weight excluding hydrogens is 435 g/mol. The highest BCUT2D eigenvalue weighted by molar-refractivity contribution is 6.30. The molecule has 2 unspecified atom stereocenters. The van der Waals surface area contributed by atoms with E-state index in [9.17, 15) is 9.18 Å². The molecule has 2 aliphatic rings. The summed E-state index contributed by atoms with van der Waals surface area (Å²) in [6.07, 6.45) is 1.33. The Balaban J connectivity index is 1.26. The molecule has 2 atom stereocenters. The van der Waals surface area contributed by atoms with Gasteiger partial charge < -0.3 is 4.90 Å². The molecule has 1 fully saturated rings. The van der Waals surface area contributed by atoms with Gasteiger partial charge in [0.15, 0.2) is 5.78 Å². The summed E-state index contributed by atoms with van der Waals surface area (Å²) in [4.78, 5) is 17.6. The van der Waals surface area contributed by atoms with Gasteiger partial charge in [-0.3, -0.25) is 9.69 Å². The van der Waals surface area contributed by atoms with Crippen molar-refractivity contribution in [2.24, 2.45) is 5.92 Å². The van der Waals surface area contributed by atoms with Gasteiger partial charge in [0, 0.05) is 49.7 Å². The molecule has 3 aromatic carbocycles. The molecule has 1 aliphatic carbocycles. The van der Waals surface area contributed by atoms with Crippen LogP contribution >= 0.6 is 11.6 Å². The number of halogens is 2. The molecule has 170 valence electrons. The maximum Gasteiger partial charge on any atom is 0.163 e. The summed E-state index contributed by atoms with van der Waals surface area (Å²) >= 11 is 6.15. The van der Waals surface area contributed by atoms with Gasteiger partial charge in [0.1, 0.15) is 5.82 Å². The second-order valence-electron chi connectivity index (χ2n) is 9.20. The van der Waals surface area contributed by atoms with Crippen molar-refractivity contribution in [3.8, 4) is 0 Å². The highest BCUT2D eigenvalue weighted by atomic mass is 35.5. The van der Waals surface area contributed by atoms with Crippen LogP contribution in [0.4, 0.5) is 4.39 Å². The zero-order valence-electron chi connectivity index (χ0n) is 18.6. The van der Waals surface area contributed by atoms with Gasteiger partial charge in [-0.2, -0.15) is 0 Å². The van der Waals surface area contributed by atoms with Crippen LogP contribution in [-0.4, -0.2) is 48.3 Å². The van der Waals surface area contributed by atoms with Crippen molar-refractivity contribution in [2.45, 2.75) is 18.9 Å². The number of Topliss-reactive ketones (excluding diaryl/α,β-unsaturated/α-hetero) is 1. The molecule has 1 heterocycles. The van der Waals surface area contributed by atoms with Crippen LogP contribution in [0.2, 0.25) is 5.02 Å². The first kappa shape index (κ1) is 22.3. The standard InChI is InChI=1S/C28H28ClFN2O/c29-24-8-6-22(7-9-24)28(21-4-2-1-3-5-21)32-14-12-31(13-15-32)19-20-16-23-18-25(30)10-11-26(23)27(33)17-20/h1-11,18,20,28H,12-17,19H2. The topological polar surface area (TPSA) is 23.6 Å². The second kappa shape index (κ2) is 9.76. The minimum absolute atomic E-state index is 0.145. The first-order valence-electron chi connectivity index (χ1n) is 11.7. The van der Waals surface area contributed by atoms with Gasteiger partial charge in [-0.25, -0.2) is 4.39 Å². The van der Waals surface area contributed by atoms with Gasteiger partial charge in [0.25, 0.3) is 0 Å². The molecular formula is C28H28ClFN2O. The van der Waals surface area contributed by atoms with Crippen molar-refractivity contribution < 1.29 is 9.18 Å². The summed E-state index contributed by atoms with van der Waals surface area (Å²) < 4.78 is 13.7. The minimum atomic E-state index is -0.259. The molecule has 1 aliphatic heterocycles. The van der Waals surface area contributed by atoms with Crippen LogP contribution in [0.15, 0.2) is 72.8 Å². The highest BCUT2D eigenvalue weighted by Crippen LogP contribution is 2.31. The van der Waals surface area contributed by atoms with E-state index in [1.807, 2.05) is 12.1 Å². The molecule has 5 rings (SSSR count). The van der Waals surface area contributed by atoms with Crippen molar-refractivity contribution in [3.05, 3.63) is 106 Å². The zero-order chi connectivity index (χ0) is 22.8. The lowest BCUT2D eigenvalue weighted by atomic mass is 9.82. The molecule has 0 radical (unpaired) electrons. The number of carbonyl (C=O) groups is 1. The van der Waals surface area contributed by atoms with Crippen LogP contribution in [0.3, 0.4) is 0 Å². The van der Waals surface area contributed by atoms with Crippen LogP contribution in [0.1, 0.15) is 39.5 Å². The molecule has 0 saturated carbocycles. The van der Waals surface area contributed by atoms with E-state index in [2.05, 4.69) is 52.3 Å². The van der Waals surface area contributed by atoms with E-state index < -0.39 is 0 Å². The monoisotopic (exact) mass is 462 g/mol. The van der Waals surface area contributed by atoms with Crippen molar-refractivity contribution in [1.29, 1.82) is 0 Å². The molecule has 0 bridgehead atoms. The maximum absolute atomic E-state index is 13.7. The average molecular weight is 463 g/mol. The second-order valence-corrected chi connectivity index (χ2v) is 9.64. The van der Waals surface area contributed by atoms with E-state index in [0.29, 0.717) is 12.0 Å². The van der Waals surface area contributed by atoms with Crippen LogP contribution in [0, 0.1) is 11.7 Å². The molecule has 5 heteroatoms. The number of benzene rings is 3. The third-order valence-corrected chi connectivity index (χ3v) is 7.19. The fraction of sp³-hybridized carbons (Fsp3) is 0.321. The van der Waals surface area contributed by atoms with Gasteiger partial charge >= 0.3 is 0 Å². The number of rotatable bonds is 5. The predicted octanol–water partition coefficient (Wildman–Crippen LogP) is 5.63. The lowest BCUT2D eigenvalue weighted by Gasteiger charge is -2.41. The Bertz CT molecular complexity index is 1110. The van der Waals surface area contributed by atoms with E-state index in [0.717, 1.165) is 49.7 Å². The van der Waals surface area contributed by atoms with E-state index >= 15 is 0 Å². The van der Waals surface area contributed by atoms with E-state index in [1.54, 1.807) is 6.07 Å². The molecule has 3 aromatic rings. The summed E-state index contributed by atoms with van der Waals surface area (Å²) in [5.74, 6) is 0.135. The maximum atomic E-state index is 13.7. The third-order valence-electron chi connectivity index (χ3n) is 6.94. The van der Waals surface area contributed by atoms with E-state index in [4.69, 9.17) is 11.6 Å². The summed E-state index contributed by atoms with van der Waals surface area (Å²) in [6.45, 7) is 4.70. The number of hydrogen-bond donors (Lipinski definition) is 0. The van der Waals surface area contributed by atoms with E-state index in [1.165, 1.54) is 23.3 Å². The van der Waals surface area contributed by atoms with Crippen molar-refractivity contribution >= 4 is 17.4 Å². The van der Waals surface area contributed by atoms with Gasteiger partial charge in [-0.1, -0.05) is 54.1 Å². The number of nitrogens with zero attached hydrogens (tertiary/aromatic N) is 2. The molecule has 3 nitrogen and oxygen atoms in total. The van der Waals surface area contributed by atoms with E-state index in [-0.39, 0.29) is 23.6 Å². The lowest BCUT2D eigenvalue weighted by molar-refractivity contribution is 0.0836. The number of piperazine rings is 1. The number of hydrogen-bond acceptors (Lipinski definition) is 3. The van der Waals surface area contributed by atoms with Gasteiger partial charge in [-0.05, 0) is 59.4 Å². The fourth-order valence-corrected chi connectivity index (χ4v) is 5.48. The Labute approximate surface area is 199 Å². The van der Waals surface area contributed by atoms with Crippen molar-refractivity contribution in [2.75, 3.05) is 32.7 Å². The van der Waals surface area contributed by atoms with Gasteiger partial charge in [0.05, 0.1) is 6.04 Å². The summed E-state index contributed by atoms with van der Waals surface area (Å²) in [7, 11) is 0. The summed E-state index contributed by atoms with van der Waals surface area (Å²) in [5, 5.41) is 0.749. The number of fused-ring (bicyclic) bond motifs is 1. The molecule has 0 amide bonds. The fourth-order valence-electron chi connectivity index (χ4n) is 5.35. The quantitative estimate of drug-likeness (QED) is 0.491. The number of ketones is 1. The molecule has 33 heavy (non-hydrogen) atoms. The SMILES string of the molecule is O=C1CC(CN2CCN(C(c3ccccc3)c3ccc(Cl)cc3)CC2)Cc2cc(F)ccc21. The Hall–Kier alpha value is -2.53.